The number of hydrogen-bond donors (Lipinski definition) is 2. The van der Waals surface area contributed by atoms with E-state index in [9.17, 15) is 10.2 Å². The van der Waals surface area contributed by atoms with Crippen LogP contribution in [-0.2, 0) is 6.42 Å². The molecule has 0 aliphatic heterocycles. The number of aromatic nitrogens is 2. The van der Waals surface area contributed by atoms with Gasteiger partial charge in [0.1, 0.15) is 5.75 Å². The second-order valence-corrected chi connectivity index (χ2v) is 4.69. The lowest BCUT2D eigenvalue weighted by Crippen LogP contribution is -2.02. The van der Waals surface area contributed by atoms with Crippen LogP contribution < -0.4 is 0 Å². The smallest absolute Gasteiger partial charge is 0.115 e. The molecule has 0 saturated heterocycles. The highest BCUT2D eigenvalue weighted by Crippen LogP contribution is 2.22. The highest BCUT2D eigenvalue weighted by Gasteiger charge is 2.10. The zero-order chi connectivity index (χ0) is 13.9. The molecule has 0 amide bonds. The van der Waals surface area contributed by atoms with Gasteiger partial charge < -0.3 is 10.2 Å². The van der Waals surface area contributed by atoms with E-state index in [0.717, 1.165) is 22.2 Å². The number of aliphatic hydroxyl groups excluding tert-OH is 1. The number of fused-ring (bicyclic) bond motifs is 1. The van der Waals surface area contributed by atoms with Crippen LogP contribution in [0.25, 0.3) is 11.0 Å². The third-order valence-corrected chi connectivity index (χ3v) is 3.24. The molecule has 0 fully saturated rings. The predicted octanol–water partition coefficient (Wildman–Crippen LogP) is 2.61. The highest BCUT2D eigenvalue weighted by molar-refractivity contribution is 5.74. The lowest BCUT2D eigenvalue weighted by molar-refractivity contribution is 0.178. The Bertz CT molecular complexity index is 726. The van der Waals surface area contributed by atoms with Crippen LogP contribution in [0.1, 0.15) is 17.2 Å². The Morgan fingerprint density at radius 3 is 2.35 bits per heavy atom. The molecule has 20 heavy (non-hydrogen) atoms. The number of aromatic hydroxyl groups is 1. The Balaban J connectivity index is 1.84. The molecule has 4 nitrogen and oxygen atoms in total. The summed E-state index contributed by atoms with van der Waals surface area (Å²) in [5.41, 5.74) is 3.36. The average molecular weight is 266 g/mol. The molecule has 3 rings (SSSR count). The van der Waals surface area contributed by atoms with E-state index < -0.39 is 6.10 Å². The normalized spacial score (nSPS) is 12.4. The van der Waals surface area contributed by atoms with Gasteiger partial charge in [0.15, 0.2) is 0 Å². The van der Waals surface area contributed by atoms with Crippen molar-refractivity contribution in [3.8, 4) is 5.75 Å². The molecule has 0 aliphatic rings. The summed E-state index contributed by atoms with van der Waals surface area (Å²) in [7, 11) is 0. The maximum Gasteiger partial charge on any atom is 0.115 e. The van der Waals surface area contributed by atoms with E-state index in [0.29, 0.717) is 6.42 Å². The van der Waals surface area contributed by atoms with Crippen LogP contribution in [0.4, 0.5) is 0 Å². The van der Waals surface area contributed by atoms with E-state index in [2.05, 4.69) is 9.97 Å². The van der Waals surface area contributed by atoms with Crippen molar-refractivity contribution in [2.45, 2.75) is 12.5 Å². The summed E-state index contributed by atoms with van der Waals surface area (Å²) in [6.45, 7) is 0. The van der Waals surface area contributed by atoms with Crippen molar-refractivity contribution in [1.29, 1.82) is 0 Å². The number of phenolic OH excluding ortho intramolecular Hbond substituents is 1. The van der Waals surface area contributed by atoms with Gasteiger partial charge in [-0.25, -0.2) is 0 Å². The van der Waals surface area contributed by atoms with Crippen molar-refractivity contribution in [1.82, 2.24) is 9.97 Å². The monoisotopic (exact) mass is 266 g/mol. The molecular formula is C16H14N2O2. The molecule has 0 spiro atoms. The summed E-state index contributed by atoms with van der Waals surface area (Å²) >= 11 is 0. The summed E-state index contributed by atoms with van der Waals surface area (Å²) < 4.78 is 0. The quantitative estimate of drug-likeness (QED) is 0.764. The Hall–Kier alpha value is -2.46. The van der Waals surface area contributed by atoms with Gasteiger partial charge in [-0.1, -0.05) is 18.2 Å². The first kappa shape index (κ1) is 12.6. The summed E-state index contributed by atoms with van der Waals surface area (Å²) in [5.74, 6) is 0.226. The van der Waals surface area contributed by atoms with E-state index in [1.54, 1.807) is 36.7 Å². The fraction of sp³-hybridized carbons (Fsp3) is 0.125. The van der Waals surface area contributed by atoms with E-state index in [4.69, 9.17) is 0 Å². The summed E-state index contributed by atoms with van der Waals surface area (Å²) in [6, 6.07) is 12.4. The van der Waals surface area contributed by atoms with Crippen LogP contribution in [0.15, 0.2) is 54.9 Å². The molecular weight excluding hydrogens is 252 g/mol. The second-order valence-electron chi connectivity index (χ2n) is 4.69. The predicted molar refractivity (Wildman–Crippen MR) is 76.3 cm³/mol. The molecule has 1 unspecified atom stereocenters. The van der Waals surface area contributed by atoms with E-state index in [1.807, 2.05) is 18.2 Å². The number of aliphatic hydroxyl groups is 1. The molecule has 0 radical (unpaired) electrons. The number of phenols is 1. The van der Waals surface area contributed by atoms with E-state index in [1.165, 1.54) is 0 Å². The molecule has 2 aromatic carbocycles. The van der Waals surface area contributed by atoms with Gasteiger partial charge in [0.25, 0.3) is 0 Å². The zero-order valence-electron chi connectivity index (χ0n) is 10.8. The molecule has 1 aromatic heterocycles. The zero-order valence-corrected chi connectivity index (χ0v) is 10.8. The van der Waals surface area contributed by atoms with Crippen molar-refractivity contribution in [3.63, 3.8) is 0 Å². The molecule has 1 atom stereocenters. The highest BCUT2D eigenvalue weighted by atomic mass is 16.3. The maximum absolute atomic E-state index is 10.3. The summed E-state index contributed by atoms with van der Waals surface area (Å²) in [4.78, 5) is 8.44. The molecule has 0 aliphatic carbocycles. The molecule has 3 aromatic rings. The number of hydrogen-bond acceptors (Lipinski definition) is 4. The Labute approximate surface area is 116 Å². The lowest BCUT2D eigenvalue weighted by Gasteiger charge is -2.11. The molecule has 100 valence electrons. The van der Waals surface area contributed by atoms with Crippen LogP contribution in [0.3, 0.4) is 0 Å². The van der Waals surface area contributed by atoms with E-state index in [-0.39, 0.29) is 5.75 Å². The van der Waals surface area contributed by atoms with Gasteiger partial charge in [-0.05, 0) is 35.4 Å². The fourth-order valence-electron chi connectivity index (χ4n) is 2.16. The van der Waals surface area contributed by atoms with Gasteiger partial charge in [-0.3, -0.25) is 9.97 Å². The molecule has 2 N–H and O–H groups in total. The Morgan fingerprint density at radius 1 is 0.900 bits per heavy atom. The largest absolute Gasteiger partial charge is 0.508 e. The van der Waals surface area contributed by atoms with Crippen LogP contribution in [0.5, 0.6) is 5.75 Å². The van der Waals surface area contributed by atoms with Gasteiger partial charge in [0.05, 0.1) is 17.1 Å². The first-order valence-corrected chi connectivity index (χ1v) is 6.39. The van der Waals surface area contributed by atoms with Crippen LogP contribution >= 0.6 is 0 Å². The summed E-state index contributed by atoms with van der Waals surface area (Å²) in [6.07, 6.45) is 3.17. The Kier molecular flexibility index (Phi) is 3.31. The van der Waals surface area contributed by atoms with Crippen molar-refractivity contribution in [2.24, 2.45) is 0 Å². The molecule has 4 heteroatoms. The Morgan fingerprint density at radius 2 is 1.60 bits per heavy atom. The first-order valence-electron chi connectivity index (χ1n) is 6.39. The summed E-state index contributed by atoms with van der Waals surface area (Å²) in [5, 5.41) is 19.5. The maximum atomic E-state index is 10.3. The van der Waals surface area contributed by atoms with Crippen molar-refractivity contribution >= 4 is 11.0 Å². The SMILES string of the molecule is Oc1ccc(CC(O)c2ccc3nccnc3c2)cc1. The molecule has 0 saturated carbocycles. The minimum absolute atomic E-state index is 0.226. The number of nitrogens with zero attached hydrogens (tertiary/aromatic N) is 2. The van der Waals surface area contributed by atoms with Gasteiger partial charge in [-0.2, -0.15) is 0 Å². The fourth-order valence-corrected chi connectivity index (χ4v) is 2.16. The number of rotatable bonds is 3. The van der Waals surface area contributed by atoms with Crippen molar-refractivity contribution in [2.75, 3.05) is 0 Å². The molecule has 0 bridgehead atoms. The van der Waals surface area contributed by atoms with Crippen LogP contribution in [0.2, 0.25) is 0 Å². The minimum Gasteiger partial charge on any atom is -0.508 e. The van der Waals surface area contributed by atoms with Crippen molar-refractivity contribution in [3.05, 3.63) is 66.0 Å². The van der Waals surface area contributed by atoms with Gasteiger partial charge in [0, 0.05) is 18.8 Å². The lowest BCUT2D eigenvalue weighted by atomic mass is 10.0. The van der Waals surface area contributed by atoms with Crippen LogP contribution in [0, 0.1) is 0 Å². The molecule has 1 heterocycles. The van der Waals surface area contributed by atoms with Gasteiger partial charge in [0.2, 0.25) is 0 Å². The second kappa shape index (κ2) is 5.27. The third kappa shape index (κ3) is 2.60. The van der Waals surface area contributed by atoms with E-state index >= 15 is 0 Å². The average Bonchev–Trinajstić information content (AvgIpc) is 2.49. The van der Waals surface area contributed by atoms with Crippen LogP contribution in [-0.4, -0.2) is 20.2 Å². The van der Waals surface area contributed by atoms with Crippen molar-refractivity contribution < 1.29 is 10.2 Å². The third-order valence-electron chi connectivity index (χ3n) is 3.24. The minimum atomic E-state index is -0.606. The first-order chi connectivity index (χ1) is 9.72. The standard InChI is InChI=1S/C16H14N2O2/c19-13-4-1-11(2-5-13)9-16(20)12-3-6-14-15(10-12)18-8-7-17-14/h1-8,10,16,19-20H,9H2. The van der Waals surface area contributed by atoms with Gasteiger partial charge >= 0.3 is 0 Å². The number of benzene rings is 2. The van der Waals surface area contributed by atoms with Gasteiger partial charge in [-0.15, -0.1) is 0 Å². The topological polar surface area (TPSA) is 66.2 Å².